The molecule has 0 aromatic carbocycles. The van der Waals surface area contributed by atoms with Gasteiger partial charge in [-0.1, -0.05) is 0 Å². The maximum absolute atomic E-state index is 10.6. The molecular weight excluding hydrogens is 228 g/mol. The first kappa shape index (κ1) is 10.5. The SMILES string of the molecule is Cc1nsc(Nc2ccc(C(=O)O)nc2)n1. The van der Waals surface area contributed by atoms with Gasteiger partial charge in [0.05, 0.1) is 11.9 Å². The molecule has 16 heavy (non-hydrogen) atoms. The Kier molecular flexibility index (Phi) is 2.78. The second-order valence-corrected chi connectivity index (χ2v) is 3.76. The lowest BCUT2D eigenvalue weighted by atomic mass is 10.3. The highest BCUT2D eigenvalue weighted by Gasteiger charge is 2.04. The molecule has 0 saturated carbocycles. The minimum Gasteiger partial charge on any atom is -0.477 e. The van der Waals surface area contributed by atoms with Crippen molar-refractivity contribution in [2.45, 2.75) is 6.92 Å². The molecule has 2 N–H and O–H groups in total. The minimum absolute atomic E-state index is 0.0130. The number of anilines is 2. The third-order valence-electron chi connectivity index (χ3n) is 1.76. The van der Waals surface area contributed by atoms with Crippen molar-refractivity contribution in [1.82, 2.24) is 14.3 Å². The highest BCUT2D eigenvalue weighted by atomic mass is 32.1. The van der Waals surface area contributed by atoms with Crippen molar-refractivity contribution in [3.63, 3.8) is 0 Å². The van der Waals surface area contributed by atoms with Gasteiger partial charge < -0.3 is 10.4 Å². The van der Waals surface area contributed by atoms with Crippen molar-refractivity contribution in [2.75, 3.05) is 5.32 Å². The van der Waals surface area contributed by atoms with E-state index in [4.69, 9.17) is 5.11 Å². The fourth-order valence-electron chi connectivity index (χ4n) is 1.07. The fraction of sp³-hybridized carbons (Fsp3) is 0.111. The van der Waals surface area contributed by atoms with Crippen LogP contribution < -0.4 is 5.32 Å². The van der Waals surface area contributed by atoms with Crippen LogP contribution in [0.4, 0.5) is 10.8 Å². The van der Waals surface area contributed by atoms with E-state index >= 15 is 0 Å². The van der Waals surface area contributed by atoms with Gasteiger partial charge in [-0.05, 0) is 19.1 Å². The third-order valence-corrected chi connectivity index (χ3v) is 2.48. The predicted octanol–water partition coefficient (Wildman–Crippen LogP) is 1.68. The van der Waals surface area contributed by atoms with Crippen molar-refractivity contribution >= 4 is 28.3 Å². The first-order valence-electron chi connectivity index (χ1n) is 4.42. The molecule has 0 atom stereocenters. The molecule has 2 aromatic rings. The molecule has 2 rings (SSSR count). The van der Waals surface area contributed by atoms with Gasteiger partial charge >= 0.3 is 5.97 Å². The zero-order valence-corrected chi connectivity index (χ0v) is 9.15. The lowest BCUT2D eigenvalue weighted by molar-refractivity contribution is 0.0690. The van der Waals surface area contributed by atoms with E-state index in [0.717, 1.165) is 0 Å². The third kappa shape index (κ3) is 2.31. The normalized spacial score (nSPS) is 10.1. The van der Waals surface area contributed by atoms with Gasteiger partial charge in [-0.3, -0.25) is 0 Å². The van der Waals surface area contributed by atoms with E-state index in [1.54, 1.807) is 13.0 Å². The van der Waals surface area contributed by atoms with Crippen LogP contribution in [0.3, 0.4) is 0 Å². The van der Waals surface area contributed by atoms with Crippen molar-refractivity contribution < 1.29 is 9.90 Å². The van der Waals surface area contributed by atoms with Crippen molar-refractivity contribution in [3.05, 3.63) is 29.8 Å². The van der Waals surface area contributed by atoms with Gasteiger partial charge in [0.15, 0.2) is 0 Å². The first-order chi connectivity index (χ1) is 7.65. The molecule has 82 valence electrons. The van der Waals surface area contributed by atoms with Gasteiger partial charge in [-0.15, -0.1) is 0 Å². The second-order valence-electron chi connectivity index (χ2n) is 3.01. The van der Waals surface area contributed by atoms with E-state index in [1.165, 1.54) is 23.8 Å². The molecule has 0 radical (unpaired) electrons. The number of aryl methyl sites for hydroxylation is 1. The van der Waals surface area contributed by atoms with E-state index in [9.17, 15) is 4.79 Å². The summed E-state index contributed by atoms with van der Waals surface area (Å²) in [6.07, 6.45) is 1.44. The highest BCUT2D eigenvalue weighted by Crippen LogP contribution is 2.17. The molecule has 2 aromatic heterocycles. The summed E-state index contributed by atoms with van der Waals surface area (Å²) in [5.41, 5.74) is 0.695. The Balaban J connectivity index is 2.14. The molecule has 0 aliphatic heterocycles. The van der Waals surface area contributed by atoms with Crippen LogP contribution in [0.15, 0.2) is 18.3 Å². The number of nitrogens with one attached hydrogen (secondary N) is 1. The number of hydrogen-bond acceptors (Lipinski definition) is 6. The number of pyridine rings is 1. The highest BCUT2D eigenvalue weighted by molar-refractivity contribution is 7.09. The molecule has 0 aliphatic carbocycles. The largest absolute Gasteiger partial charge is 0.477 e. The lowest BCUT2D eigenvalue weighted by Crippen LogP contribution is -2.00. The number of carbonyl (C=O) groups is 1. The summed E-state index contributed by atoms with van der Waals surface area (Å²) in [5, 5.41) is 12.3. The summed E-state index contributed by atoms with van der Waals surface area (Å²) in [6, 6.07) is 3.06. The number of aromatic nitrogens is 3. The quantitative estimate of drug-likeness (QED) is 0.843. The summed E-state index contributed by atoms with van der Waals surface area (Å²) >= 11 is 1.24. The molecule has 6 nitrogen and oxygen atoms in total. The van der Waals surface area contributed by atoms with Crippen LogP contribution in [-0.2, 0) is 0 Å². The number of aromatic carboxylic acids is 1. The van der Waals surface area contributed by atoms with Gasteiger partial charge in [0.25, 0.3) is 0 Å². The molecular formula is C9H8N4O2S. The Morgan fingerprint density at radius 1 is 1.50 bits per heavy atom. The van der Waals surface area contributed by atoms with Gasteiger partial charge in [0.2, 0.25) is 5.13 Å². The van der Waals surface area contributed by atoms with Crippen LogP contribution >= 0.6 is 11.5 Å². The number of rotatable bonds is 3. The fourth-order valence-corrected chi connectivity index (χ4v) is 1.66. The van der Waals surface area contributed by atoms with Crippen LogP contribution in [0.5, 0.6) is 0 Å². The first-order valence-corrected chi connectivity index (χ1v) is 5.19. The zero-order valence-electron chi connectivity index (χ0n) is 8.34. The van der Waals surface area contributed by atoms with E-state index in [2.05, 4.69) is 19.7 Å². The van der Waals surface area contributed by atoms with Crippen LogP contribution in [0.25, 0.3) is 0 Å². The molecule has 0 spiro atoms. The smallest absolute Gasteiger partial charge is 0.354 e. The monoisotopic (exact) mass is 236 g/mol. The van der Waals surface area contributed by atoms with Crippen LogP contribution in [0.1, 0.15) is 16.3 Å². The van der Waals surface area contributed by atoms with E-state index in [1.807, 2.05) is 0 Å². The van der Waals surface area contributed by atoms with Gasteiger partial charge in [0, 0.05) is 11.5 Å². The minimum atomic E-state index is -1.04. The molecule has 0 aliphatic rings. The lowest BCUT2D eigenvalue weighted by Gasteiger charge is -2.00. The maximum Gasteiger partial charge on any atom is 0.354 e. The topological polar surface area (TPSA) is 88.0 Å². The van der Waals surface area contributed by atoms with Crippen LogP contribution in [-0.4, -0.2) is 25.4 Å². The van der Waals surface area contributed by atoms with Crippen molar-refractivity contribution in [3.8, 4) is 0 Å². The molecule has 7 heteroatoms. The van der Waals surface area contributed by atoms with Crippen molar-refractivity contribution in [2.24, 2.45) is 0 Å². The molecule has 0 fully saturated rings. The Bertz CT molecular complexity index is 508. The Morgan fingerprint density at radius 3 is 2.81 bits per heavy atom. The average Bonchev–Trinajstić information content (AvgIpc) is 2.65. The molecule has 2 heterocycles. The van der Waals surface area contributed by atoms with E-state index < -0.39 is 5.97 Å². The molecule has 0 amide bonds. The van der Waals surface area contributed by atoms with E-state index in [-0.39, 0.29) is 5.69 Å². The number of hydrogen-bond donors (Lipinski definition) is 2. The molecule has 0 bridgehead atoms. The van der Waals surface area contributed by atoms with Gasteiger partial charge in [0.1, 0.15) is 11.5 Å². The van der Waals surface area contributed by atoms with Crippen molar-refractivity contribution in [1.29, 1.82) is 0 Å². The standard InChI is InChI=1S/C9H8N4O2S/c1-5-11-9(16-13-5)12-6-2-3-7(8(14)15)10-4-6/h2-4H,1H3,(H,14,15)(H,11,12,13). The maximum atomic E-state index is 10.6. The Hall–Kier alpha value is -2.02. The Labute approximate surface area is 95.2 Å². The van der Waals surface area contributed by atoms with Gasteiger partial charge in [-0.25, -0.2) is 14.8 Å². The number of nitrogens with zero attached hydrogens (tertiary/aromatic N) is 3. The predicted molar refractivity (Wildman–Crippen MR) is 59.1 cm³/mol. The summed E-state index contributed by atoms with van der Waals surface area (Å²) in [5.74, 6) is -0.346. The second kappa shape index (κ2) is 4.23. The summed E-state index contributed by atoms with van der Waals surface area (Å²) in [7, 11) is 0. The van der Waals surface area contributed by atoms with Crippen LogP contribution in [0.2, 0.25) is 0 Å². The average molecular weight is 236 g/mol. The van der Waals surface area contributed by atoms with E-state index in [0.29, 0.717) is 16.6 Å². The number of carboxylic acid groups (broad SMARTS) is 1. The Morgan fingerprint density at radius 2 is 2.31 bits per heavy atom. The van der Waals surface area contributed by atoms with Crippen LogP contribution in [0, 0.1) is 6.92 Å². The van der Waals surface area contributed by atoms with Gasteiger partial charge in [-0.2, -0.15) is 4.37 Å². The summed E-state index contributed by atoms with van der Waals surface area (Å²) in [6.45, 7) is 1.80. The zero-order chi connectivity index (χ0) is 11.5. The summed E-state index contributed by atoms with van der Waals surface area (Å²) < 4.78 is 4.01. The number of carboxylic acids is 1. The summed E-state index contributed by atoms with van der Waals surface area (Å²) in [4.78, 5) is 18.5. The molecule has 0 saturated heterocycles. The molecule has 0 unspecified atom stereocenters.